The number of pyridine rings is 1. The summed E-state index contributed by atoms with van der Waals surface area (Å²) in [5.74, 6) is 0.979. The molecular formula is C18H16Cl2N2S. The zero-order valence-electron chi connectivity index (χ0n) is 12.7. The molecule has 3 aromatic rings. The molecule has 0 aliphatic heterocycles. The summed E-state index contributed by atoms with van der Waals surface area (Å²) in [4.78, 5) is 8.10. The van der Waals surface area contributed by atoms with Crippen LogP contribution in [0.25, 0.3) is 0 Å². The molecule has 0 fully saturated rings. The zero-order valence-corrected chi connectivity index (χ0v) is 15.0. The molecule has 0 saturated carbocycles. The molecule has 118 valence electrons. The number of thiophene rings is 1. The summed E-state index contributed by atoms with van der Waals surface area (Å²) in [6.07, 6.45) is 1.83. The van der Waals surface area contributed by atoms with Crippen LogP contribution in [-0.2, 0) is 13.1 Å². The molecule has 23 heavy (non-hydrogen) atoms. The van der Waals surface area contributed by atoms with Crippen molar-refractivity contribution < 1.29 is 0 Å². The molecule has 2 nitrogen and oxygen atoms in total. The smallest absolute Gasteiger partial charge is 0.132 e. The molecule has 3 rings (SSSR count). The Labute approximate surface area is 150 Å². The van der Waals surface area contributed by atoms with Crippen LogP contribution in [0, 0.1) is 6.92 Å². The van der Waals surface area contributed by atoms with E-state index in [4.69, 9.17) is 23.2 Å². The number of benzene rings is 1. The number of halogens is 2. The number of hydrogen-bond donors (Lipinski definition) is 0. The van der Waals surface area contributed by atoms with Crippen molar-refractivity contribution in [3.05, 3.63) is 80.1 Å². The van der Waals surface area contributed by atoms with Crippen molar-refractivity contribution in [3.63, 3.8) is 0 Å². The topological polar surface area (TPSA) is 16.1 Å². The fourth-order valence-electron chi connectivity index (χ4n) is 2.46. The summed E-state index contributed by atoms with van der Waals surface area (Å²) in [6, 6.07) is 13.9. The van der Waals surface area contributed by atoms with Gasteiger partial charge < -0.3 is 4.90 Å². The van der Waals surface area contributed by atoms with Gasteiger partial charge in [0.2, 0.25) is 0 Å². The van der Waals surface area contributed by atoms with Gasteiger partial charge >= 0.3 is 0 Å². The first-order chi connectivity index (χ1) is 11.1. The molecule has 0 saturated heterocycles. The highest BCUT2D eigenvalue weighted by Crippen LogP contribution is 2.27. The van der Waals surface area contributed by atoms with Gasteiger partial charge in [-0.05, 0) is 47.7 Å². The van der Waals surface area contributed by atoms with E-state index in [1.807, 2.05) is 24.4 Å². The maximum Gasteiger partial charge on any atom is 0.132 e. The molecule has 0 aliphatic carbocycles. The van der Waals surface area contributed by atoms with Gasteiger partial charge in [0.15, 0.2) is 0 Å². The lowest BCUT2D eigenvalue weighted by atomic mass is 10.2. The Morgan fingerprint density at radius 3 is 2.65 bits per heavy atom. The summed E-state index contributed by atoms with van der Waals surface area (Å²) in [7, 11) is 0. The van der Waals surface area contributed by atoms with Crippen molar-refractivity contribution in [3.8, 4) is 0 Å². The average Bonchev–Trinajstić information content (AvgIpc) is 3.03. The lowest BCUT2D eigenvalue weighted by molar-refractivity contribution is 0.787. The maximum atomic E-state index is 6.35. The van der Waals surface area contributed by atoms with Crippen LogP contribution in [0.4, 0.5) is 5.82 Å². The zero-order chi connectivity index (χ0) is 16.2. The van der Waals surface area contributed by atoms with Gasteiger partial charge in [-0.3, -0.25) is 0 Å². The van der Waals surface area contributed by atoms with Crippen LogP contribution in [0.1, 0.15) is 16.0 Å². The summed E-state index contributed by atoms with van der Waals surface area (Å²) >= 11 is 14.1. The van der Waals surface area contributed by atoms with Gasteiger partial charge in [0.1, 0.15) is 5.82 Å². The third-order valence-corrected chi connectivity index (χ3v) is 5.03. The Morgan fingerprint density at radius 2 is 1.96 bits per heavy atom. The normalized spacial score (nSPS) is 10.7. The molecule has 0 bridgehead atoms. The number of anilines is 1. The SMILES string of the molecule is Cc1cccnc1N(Cc1cccs1)Cc1ccc(Cl)cc1Cl. The largest absolute Gasteiger partial charge is 0.347 e. The van der Waals surface area contributed by atoms with E-state index < -0.39 is 0 Å². The van der Waals surface area contributed by atoms with Gasteiger partial charge in [0.25, 0.3) is 0 Å². The summed E-state index contributed by atoms with van der Waals surface area (Å²) in [5.41, 5.74) is 2.19. The lowest BCUT2D eigenvalue weighted by Crippen LogP contribution is -2.23. The van der Waals surface area contributed by atoms with E-state index >= 15 is 0 Å². The predicted octanol–water partition coefficient (Wildman–Crippen LogP) is 5.97. The van der Waals surface area contributed by atoms with Crippen LogP contribution in [0.15, 0.2) is 54.0 Å². The third kappa shape index (κ3) is 4.05. The van der Waals surface area contributed by atoms with Gasteiger partial charge in [-0.1, -0.05) is 41.4 Å². The van der Waals surface area contributed by atoms with Crippen molar-refractivity contribution >= 4 is 40.4 Å². The second-order valence-electron chi connectivity index (χ2n) is 5.32. The molecule has 2 aromatic heterocycles. The Balaban J connectivity index is 1.93. The molecule has 5 heteroatoms. The maximum absolute atomic E-state index is 6.35. The van der Waals surface area contributed by atoms with Gasteiger partial charge in [-0.25, -0.2) is 4.98 Å². The predicted molar refractivity (Wildman–Crippen MR) is 99.6 cm³/mol. The van der Waals surface area contributed by atoms with Gasteiger partial charge in [0.05, 0.1) is 6.54 Å². The van der Waals surface area contributed by atoms with Gasteiger partial charge in [-0.15, -0.1) is 11.3 Å². The van der Waals surface area contributed by atoms with E-state index in [1.165, 1.54) is 4.88 Å². The molecule has 0 aliphatic rings. The Bertz CT molecular complexity index is 787. The van der Waals surface area contributed by atoms with Crippen molar-refractivity contribution in [1.29, 1.82) is 0 Å². The van der Waals surface area contributed by atoms with E-state index in [0.29, 0.717) is 16.6 Å². The average molecular weight is 363 g/mol. The molecule has 0 N–H and O–H groups in total. The van der Waals surface area contributed by atoms with Crippen molar-refractivity contribution in [2.24, 2.45) is 0 Å². The van der Waals surface area contributed by atoms with Crippen molar-refractivity contribution in [2.45, 2.75) is 20.0 Å². The summed E-state index contributed by atoms with van der Waals surface area (Å²) < 4.78 is 0. The number of rotatable bonds is 5. The van der Waals surface area contributed by atoms with E-state index in [0.717, 1.165) is 23.5 Å². The molecule has 0 radical (unpaired) electrons. The first kappa shape index (κ1) is 16.3. The molecule has 0 amide bonds. The lowest BCUT2D eigenvalue weighted by Gasteiger charge is -2.25. The first-order valence-electron chi connectivity index (χ1n) is 7.26. The first-order valence-corrected chi connectivity index (χ1v) is 8.90. The molecule has 0 atom stereocenters. The van der Waals surface area contributed by atoms with Gasteiger partial charge in [0, 0.05) is 27.7 Å². The molecule has 1 aromatic carbocycles. The van der Waals surface area contributed by atoms with Gasteiger partial charge in [-0.2, -0.15) is 0 Å². The second kappa shape index (κ2) is 7.35. The summed E-state index contributed by atoms with van der Waals surface area (Å²) in [5, 5.41) is 3.42. The Morgan fingerprint density at radius 1 is 1.09 bits per heavy atom. The molecule has 2 heterocycles. The fraction of sp³-hybridized carbons (Fsp3) is 0.167. The number of hydrogen-bond acceptors (Lipinski definition) is 3. The molecular weight excluding hydrogens is 347 g/mol. The Hall–Kier alpha value is -1.55. The van der Waals surface area contributed by atoms with Crippen LogP contribution >= 0.6 is 34.5 Å². The second-order valence-corrected chi connectivity index (χ2v) is 7.19. The van der Waals surface area contributed by atoms with E-state index in [2.05, 4.69) is 40.4 Å². The minimum atomic E-state index is 0.651. The molecule has 0 unspecified atom stereocenters. The molecule has 0 spiro atoms. The minimum absolute atomic E-state index is 0.651. The standard InChI is InChI=1S/C18H16Cl2N2S/c1-13-4-2-8-21-18(13)22(12-16-5-3-9-23-16)11-14-6-7-15(19)10-17(14)20/h2-10H,11-12H2,1H3. The third-order valence-electron chi connectivity index (χ3n) is 3.58. The minimum Gasteiger partial charge on any atom is -0.347 e. The quantitative estimate of drug-likeness (QED) is 0.556. The van der Waals surface area contributed by atoms with Crippen molar-refractivity contribution in [2.75, 3.05) is 4.90 Å². The highest BCUT2D eigenvalue weighted by molar-refractivity contribution is 7.09. The van der Waals surface area contributed by atoms with Crippen LogP contribution < -0.4 is 4.90 Å². The van der Waals surface area contributed by atoms with Crippen LogP contribution in [-0.4, -0.2) is 4.98 Å². The van der Waals surface area contributed by atoms with Crippen LogP contribution in [0.3, 0.4) is 0 Å². The van der Waals surface area contributed by atoms with E-state index in [1.54, 1.807) is 17.4 Å². The van der Waals surface area contributed by atoms with Crippen LogP contribution in [0.5, 0.6) is 0 Å². The summed E-state index contributed by atoms with van der Waals surface area (Å²) in [6.45, 7) is 3.56. The Kier molecular flexibility index (Phi) is 5.21. The number of aromatic nitrogens is 1. The van der Waals surface area contributed by atoms with Crippen molar-refractivity contribution in [1.82, 2.24) is 4.98 Å². The number of aryl methyl sites for hydroxylation is 1. The van der Waals surface area contributed by atoms with E-state index in [9.17, 15) is 0 Å². The van der Waals surface area contributed by atoms with E-state index in [-0.39, 0.29) is 0 Å². The number of nitrogens with zero attached hydrogens (tertiary/aromatic N) is 2. The fourth-order valence-corrected chi connectivity index (χ4v) is 3.65. The van der Waals surface area contributed by atoms with Crippen LogP contribution in [0.2, 0.25) is 10.0 Å². The highest BCUT2D eigenvalue weighted by Gasteiger charge is 2.14. The monoisotopic (exact) mass is 362 g/mol. The highest BCUT2D eigenvalue weighted by atomic mass is 35.5.